The molecule has 0 radical (unpaired) electrons. The summed E-state index contributed by atoms with van der Waals surface area (Å²) in [5, 5.41) is 18.4. The van der Waals surface area contributed by atoms with E-state index in [0.717, 1.165) is 0 Å². The normalized spacial score (nSPS) is 21.9. The summed E-state index contributed by atoms with van der Waals surface area (Å²) in [4.78, 5) is 45.4. The van der Waals surface area contributed by atoms with Crippen molar-refractivity contribution in [2.24, 2.45) is 0 Å². The van der Waals surface area contributed by atoms with E-state index in [1.165, 1.54) is 0 Å². The van der Waals surface area contributed by atoms with Gasteiger partial charge in [0, 0.05) is 0 Å². The second-order valence-corrected chi connectivity index (χ2v) is 5.79. The summed E-state index contributed by atoms with van der Waals surface area (Å²) < 4.78 is 33.5. The third-order valence-electron chi connectivity index (χ3n) is 1.92. The molecule has 20 heavy (non-hydrogen) atoms. The Morgan fingerprint density at radius 1 is 1.20 bits per heavy atom. The van der Waals surface area contributed by atoms with E-state index in [1.54, 1.807) is 0 Å². The molecule has 0 aromatic heterocycles. The number of phosphoric acid groups is 2. The Kier molecular flexibility index (Phi) is 4.95. The first kappa shape index (κ1) is 17.1. The van der Waals surface area contributed by atoms with Crippen LogP contribution in [0.25, 0.3) is 0 Å². The molecular formula is C6H10O12P2. The fourth-order valence-corrected chi connectivity index (χ4v) is 2.21. The SMILES string of the molecule is O=C1O[C@H]([C@H](CO)OP(=O)(O)O)C(O)=C1OP(=O)(O)O. The van der Waals surface area contributed by atoms with E-state index >= 15 is 0 Å². The van der Waals surface area contributed by atoms with E-state index < -0.39 is 51.9 Å². The summed E-state index contributed by atoms with van der Waals surface area (Å²) in [7, 11) is -10.2. The summed E-state index contributed by atoms with van der Waals surface area (Å²) >= 11 is 0. The zero-order valence-electron chi connectivity index (χ0n) is 9.39. The molecule has 6 N–H and O–H groups in total. The second-order valence-electron chi connectivity index (χ2n) is 3.44. The molecule has 0 fully saturated rings. The van der Waals surface area contributed by atoms with Gasteiger partial charge in [-0.3, -0.25) is 14.3 Å². The van der Waals surface area contributed by atoms with E-state index in [2.05, 4.69) is 13.8 Å². The minimum atomic E-state index is -5.17. The van der Waals surface area contributed by atoms with Gasteiger partial charge in [0.2, 0.25) is 0 Å². The number of carbonyl (C=O) groups excluding carboxylic acids is 1. The van der Waals surface area contributed by atoms with Gasteiger partial charge in [0.1, 0.15) is 6.10 Å². The number of aliphatic hydroxyl groups is 2. The van der Waals surface area contributed by atoms with Crippen molar-refractivity contribution >= 4 is 21.6 Å². The standard InChI is InChI=1S/C6H10O12P2/c7-1-2(17-19(10,11)12)4-3(8)5(6(9)16-4)18-20(13,14)15/h2,4,7-8H,1H2,(H2,10,11,12)(H2,13,14,15)/t2-,4+/m0/s1. The molecule has 116 valence electrons. The van der Waals surface area contributed by atoms with E-state index in [9.17, 15) is 19.0 Å². The Morgan fingerprint density at radius 2 is 1.75 bits per heavy atom. The number of esters is 1. The summed E-state index contributed by atoms with van der Waals surface area (Å²) in [6.45, 7) is -1.07. The van der Waals surface area contributed by atoms with Crippen LogP contribution in [0.1, 0.15) is 0 Å². The lowest BCUT2D eigenvalue weighted by Gasteiger charge is -2.20. The van der Waals surface area contributed by atoms with Gasteiger partial charge in [-0.05, 0) is 0 Å². The van der Waals surface area contributed by atoms with Gasteiger partial charge in [-0.1, -0.05) is 0 Å². The Morgan fingerprint density at radius 3 is 2.15 bits per heavy atom. The van der Waals surface area contributed by atoms with Crippen LogP contribution in [0.5, 0.6) is 0 Å². The van der Waals surface area contributed by atoms with Gasteiger partial charge < -0.3 is 29.3 Å². The molecule has 14 heteroatoms. The molecule has 0 aromatic carbocycles. The van der Waals surface area contributed by atoms with Gasteiger partial charge in [0.05, 0.1) is 6.61 Å². The van der Waals surface area contributed by atoms with Crippen molar-refractivity contribution in [1.82, 2.24) is 0 Å². The van der Waals surface area contributed by atoms with Crippen LogP contribution in [0.3, 0.4) is 0 Å². The van der Waals surface area contributed by atoms with Crippen LogP contribution in [0, 0.1) is 0 Å². The molecule has 0 saturated carbocycles. The van der Waals surface area contributed by atoms with Crippen LogP contribution in [-0.4, -0.2) is 54.6 Å². The molecule has 0 bridgehead atoms. The van der Waals surface area contributed by atoms with Crippen molar-refractivity contribution < 1.29 is 57.5 Å². The van der Waals surface area contributed by atoms with E-state index in [4.69, 9.17) is 24.7 Å². The average molecular weight is 336 g/mol. The first-order valence-corrected chi connectivity index (χ1v) is 7.74. The van der Waals surface area contributed by atoms with Gasteiger partial charge in [0.25, 0.3) is 5.76 Å². The highest BCUT2D eigenvalue weighted by molar-refractivity contribution is 7.46. The Balaban J connectivity index is 3.00. The summed E-state index contributed by atoms with van der Waals surface area (Å²) in [6.07, 6.45) is -3.75. The lowest BCUT2D eigenvalue weighted by molar-refractivity contribution is -0.147. The molecular weight excluding hydrogens is 326 g/mol. The third kappa shape index (κ3) is 4.54. The number of phosphoric ester groups is 2. The number of aliphatic hydroxyl groups excluding tert-OH is 2. The number of ether oxygens (including phenoxy) is 1. The lowest BCUT2D eigenvalue weighted by Crippen LogP contribution is -2.33. The van der Waals surface area contributed by atoms with Crippen LogP contribution < -0.4 is 0 Å². The molecule has 0 spiro atoms. The number of hydrogen-bond acceptors (Lipinski definition) is 8. The topological polar surface area (TPSA) is 200 Å². The maximum atomic E-state index is 11.2. The highest BCUT2D eigenvalue weighted by Gasteiger charge is 2.45. The molecule has 12 nitrogen and oxygen atoms in total. The molecule has 0 aliphatic carbocycles. The van der Waals surface area contributed by atoms with Crippen LogP contribution in [0.2, 0.25) is 0 Å². The van der Waals surface area contributed by atoms with Crippen molar-refractivity contribution in [2.45, 2.75) is 12.2 Å². The Hall–Kier alpha value is -0.970. The minimum absolute atomic E-state index is 1.07. The molecule has 1 heterocycles. The molecule has 0 saturated heterocycles. The zero-order chi connectivity index (χ0) is 15.7. The molecule has 0 aromatic rings. The smallest absolute Gasteiger partial charge is 0.505 e. The maximum absolute atomic E-state index is 11.2. The summed E-state index contributed by atoms with van der Waals surface area (Å²) in [6, 6.07) is 0. The largest absolute Gasteiger partial charge is 0.525 e. The lowest BCUT2D eigenvalue weighted by atomic mass is 10.2. The van der Waals surface area contributed by atoms with Crippen molar-refractivity contribution in [2.75, 3.05) is 6.61 Å². The number of hydrogen-bond donors (Lipinski definition) is 6. The molecule has 1 aliphatic heterocycles. The van der Waals surface area contributed by atoms with Gasteiger partial charge in [0.15, 0.2) is 11.9 Å². The highest BCUT2D eigenvalue weighted by atomic mass is 31.2. The van der Waals surface area contributed by atoms with Crippen molar-refractivity contribution in [3.05, 3.63) is 11.5 Å². The van der Waals surface area contributed by atoms with Gasteiger partial charge in [-0.25, -0.2) is 13.9 Å². The molecule has 0 unspecified atom stereocenters. The highest BCUT2D eigenvalue weighted by Crippen LogP contribution is 2.44. The van der Waals surface area contributed by atoms with Gasteiger partial charge in [-0.15, -0.1) is 0 Å². The molecule has 0 amide bonds. The van der Waals surface area contributed by atoms with Crippen LogP contribution in [-0.2, 0) is 27.7 Å². The van der Waals surface area contributed by atoms with Crippen molar-refractivity contribution in [1.29, 1.82) is 0 Å². The molecule has 2 atom stereocenters. The van der Waals surface area contributed by atoms with Crippen LogP contribution in [0.15, 0.2) is 11.5 Å². The average Bonchev–Trinajstić information content (AvgIpc) is 2.51. The maximum Gasteiger partial charge on any atom is 0.525 e. The quantitative estimate of drug-likeness (QED) is 0.236. The Bertz CT molecular complexity index is 512. The van der Waals surface area contributed by atoms with Crippen molar-refractivity contribution in [3.63, 3.8) is 0 Å². The second kappa shape index (κ2) is 5.80. The van der Waals surface area contributed by atoms with Gasteiger partial charge >= 0.3 is 21.6 Å². The van der Waals surface area contributed by atoms with E-state index in [1.807, 2.05) is 0 Å². The van der Waals surface area contributed by atoms with Crippen LogP contribution >= 0.6 is 15.6 Å². The summed E-state index contributed by atoms with van der Waals surface area (Å²) in [5.74, 6) is -3.91. The monoisotopic (exact) mass is 336 g/mol. The first-order valence-electron chi connectivity index (χ1n) is 4.68. The zero-order valence-corrected chi connectivity index (χ0v) is 11.2. The van der Waals surface area contributed by atoms with E-state index in [-0.39, 0.29) is 0 Å². The van der Waals surface area contributed by atoms with Crippen molar-refractivity contribution in [3.8, 4) is 0 Å². The predicted molar refractivity (Wildman–Crippen MR) is 56.7 cm³/mol. The number of rotatable bonds is 6. The predicted octanol–water partition coefficient (Wildman–Crippen LogP) is -1.74. The molecule has 1 aliphatic rings. The molecule has 1 rings (SSSR count). The fourth-order valence-electron chi connectivity index (χ4n) is 1.27. The first-order chi connectivity index (χ1) is 8.94. The number of cyclic esters (lactones) is 1. The van der Waals surface area contributed by atoms with E-state index in [0.29, 0.717) is 0 Å². The Labute approximate surface area is 110 Å². The minimum Gasteiger partial charge on any atom is -0.505 e. The number of carbonyl (C=O) groups is 1. The summed E-state index contributed by atoms with van der Waals surface area (Å²) in [5.41, 5.74) is 0. The third-order valence-corrected chi connectivity index (χ3v) is 2.89. The van der Waals surface area contributed by atoms with Gasteiger partial charge in [-0.2, -0.15) is 0 Å². The fraction of sp³-hybridized carbons (Fsp3) is 0.500. The van der Waals surface area contributed by atoms with Crippen LogP contribution in [0.4, 0.5) is 0 Å².